The van der Waals surface area contributed by atoms with Crippen molar-refractivity contribution in [1.29, 1.82) is 5.26 Å². The van der Waals surface area contributed by atoms with Crippen LogP contribution in [-0.2, 0) is 14.8 Å². The van der Waals surface area contributed by atoms with E-state index in [1.165, 1.54) is 0 Å². The Morgan fingerprint density at radius 1 is 1.56 bits per heavy atom. The molecule has 18 heavy (non-hydrogen) atoms. The van der Waals surface area contributed by atoms with Crippen LogP contribution in [0.1, 0.15) is 33.1 Å². The van der Waals surface area contributed by atoms with E-state index in [9.17, 15) is 13.2 Å². The van der Waals surface area contributed by atoms with Gasteiger partial charge in [0, 0.05) is 6.54 Å². The molecule has 1 unspecified atom stereocenters. The first kappa shape index (κ1) is 14.9. The first-order valence-electron chi connectivity index (χ1n) is 5.83. The van der Waals surface area contributed by atoms with Crippen LogP contribution in [-0.4, -0.2) is 42.1 Å². The molecule has 1 saturated heterocycles. The summed E-state index contributed by atoms with van der Waals surface area (Å²) in [5, 5.41) is 17.8. The number of sulfonamides is 1. The Labute approximate surface area is 107 Å². The van der Waals surface area contributed by atoms with Gasteiger partial charge in [0.2, 0.25) is 10.0 Å². The fourth-order valence-corrected chi connectivity index (χ4v) is 3.87. The van der Waals surface area contributed by atoms with Gasteiger partial charge >= 0.3 is 5.97 Å². The first-order valence-corrected chi connectivity index (χ1v) is 7.44. The van der Waals surface area contributed by atoms with Crippen molar-refractivity contribution in [3.05, 3.63) is 0 Å². The number of rotatable bonds is 5. The van der Waals surface area contributed by atoms with Crippen LogP contribution in [0.25, 0.3) is 0 Å². The van der Waals surface area contributed by atoms with Crippen molar-refractivity contribution in [3.63, 3.8) is 0 Å². The van der Waals surface area contributed by atoms with E-state index in [1.54, 1.807) is 13.8 Å². The Hall–Kier alpha value is -1.13. The predicted octanol–water partition coefficient (Wildman–Crippen LogP) is 0.805. The minimum Gasteiger partial charge on any atom is -0.480 e. The second-order valence-corrected chi connectivity index (χ2v) is 7.21. The van der Waals surface area contributed by atoms with Crippen LogP contribution in [0.5, 0.6) is 0 Å². The highest BCUT2D eigenvalue weighted by Crippen LogP contribution is 2.25. The molecule has 6 nitrogen and oxygen atoms in total. The zero-order valence-corrected chi connectivity index (χ0v) is 11.4. The maximum Gasteiger partial charge on any atom is 0.322 e. The summed E-state index contributed by atoms with van der Waals surface area (Å²) < 4.78 is 25.2. The molecule has 1 N–H and O–H groups in total. The third kappa shape index (κ3) is 3.43. The number of aliphatic carboxylic acids is 1. The summed E-state index contributed by atoms with van der Waals surface area (Å²) in [4.78, 5) is 11.0. The van der Waals surface area contributed by atoms with Gasteiger partial charge in [0.15, 0.2) is 0 Å². The van der Waals surface area contributed by atoms with Gasteiger partial charge in [0.25, 0.3) is 0 Å². The Kier molecular flexibility index (Phi) is 4.35. The number of nitriles is 1. The molecule has 0 aromatic rings. The molecule has 1 rings (SSSR count). The van der Waals surface area contributed by atoms with Crippen molar-refractivity contribution in [2.24, 2.45) is 5.41 Å². The van der Waals surface area contributed by atoms with E-state index < -0.39 is 27.4 Å². The summed E-state index contributed by atoms with van der Waals surface area (Å²) in [5.74, 6) is -1.28. The molecule has 0 aromatic heterocycles. The summed E-state index contributed by atoms with van der Waals surface area (Å²) >= 11 is 0. The van der Waals surface area contributed by atoms with E-state index in [4.69, 9.17) is 10.4 Å². The Morgan fingerprint density at radius 2 is 2.17 bits per heavy atom. The molecule has 0 saturated carbocycles. The zero-order chi connectivity index (χ0) is 14.0. The molecule has 1 atom stereocenters. The summed E-state index contributed by atoms with van der Waals surface area (Å²) in [7, 11) is -3.60. The zero-order valence-electron chi connectivity index (χ0n) is 10.6. The maximum atomic E-state index is 12.1. The fourth-order valence-electron chi connectivity index (χ4n) is 1.88. The quantitative estimate of drug-likeness (QED) is 0.799. The molecule has 1 heterocycles. The highest BCUT2D eigenvalue weighted by Gasteiger charge is 2.39. The van der Waals surface area contributed by atoms with E-state index in [0.717, 1.165) is 4.31 Å². The molecular weight excluding hydrogens is 256 g/mol. The number of nitrogens with zero attached hydrogens (tertiary/aromatic N) is 2. The van der Waals surface area contributed by atoms with E-state index >= 15 is 0 Å². The Balaban J connectivity index is 2.76. The third-order valence-corrected chi connectivity index (χ3v) is 5.01. The molecule has 0 amide bonds. The van der Waals surface area contributed by atoms with Gasteiger partial charge in [0.1, 0.15) is 6.04 Å². The molecule has 1 aliphatic heterocycles. The lowest BCUT2D eigenvalue weighted by molar-refractivity contribution is -0.140. The van der Waals surface area contributed by atoms with Gasteiger partial charge in [-0.25, -0.2) is 8.42 Å². The maximum absolute atomic E-state index is 12.1. The molecule has 7 heteroatoms. The molecule has 1 fully saturated rings. The highest BCUT2D eigenvalue weighted by atomic mass is 32.2. The van der Waals surface area contributed by atoms with Crippen molar-refractivity contribution in [3.8, 4) is 6.07 Å². The summed E-state index contributed by atoms with van der Waals surface area (Å²) in [6.07, 6.45) is 1.13. The van der Waals surface area contributed by atoms with E-state index in [2.05, 4.69) is 0 Å². The minimum absolute atomic E-state index is 0.183. The van der Waals surface area contributed by atoms with E-state index in [1.807, 2.05) is 6.07 Å². The highest BCUT2D eigenvalue weighted by molar-refractivity contribution is 7.89. The van der Waals surface area contributed by atoms with Crippen LogP contribution in [0.15, 0.2) is 0 Å². The smallest absolute Gasteiger partial charge is 0.322 e. The van der Waals surface area contributed by atoms with Crippen molar-refractivity contribution >= 4 is 16.0 Å². The second kappa shape index (κ2) is 5.24. The second-order valence-electron chi connectivity index (χ2n) is 5.17. The van der Waals surface area contributed by atoms with E-state index in [0.29, 0.717) is 12.8 Å². The third-order valence-electron chi connectivity index (χ3n) is 3.13. The number of carboxylic acids is 1. The van der Waals surface area contributed by atoms with Gasteiger partial charge in [0.05, 0.1) is 17.2 Å². The van der Waals surface area contributed by atoms with Gasteiger partial charge in [-0.2, -0.15) is 9.57 Å². The molecular formula is C11H18N2O4S. The molecule has 0 bridgehead atoms. The lowest BCUT2D eigenvalue weighted by Gasteiger charge is -2.23. The van der Waals surface area contributed by atoms with Gasteiger partial charge in [-0.1, -0.05) is 0 Å². The summed E-state index contributed by atoms with van der Waals surface area (Å²) in [6.45, 7) is 3.59. The SMILES string of the molecule is CC(C)(C#N)CCS(=O)(=O)N1CCCC1C(=O)O. The molecule has 0 aliphatic carbocycles. The fraction of sp³-hybridized carbons (Fsp3) is 0.818. The molecule has 0 aromatic carbocycles. The monoisotopic (exact) mass is 274 g/mol. The Bertz CT molecular complexity index is 464. The normalized spacial score (nSPS) is 21.7. The van der Waals surface area contributed by atoms with Crippen molar-refractivity contribution in [2.75, 3.05) is 12.3 Å². The number of carbonyl (C=O) groups is 1. The molecule has 1 aliphatic rings. The minimum atomic E-state index is -3.60. The van der Waals surface area contributed by atoms with Crippen LogP contribution in [0.3, 0.4) is 0 Å². The number of hydrogen-bond donors (Lipinski definition) is 1. The van der Waals surface area contributed by atoms with Gasteiger partial charge in [-0.15, -0.1) is 0 Å². The average molecular weight is 274 g/mol. The lowest BCUT2D eigenvalue weighted by Crippen LogP contribution is -2.42. The van der Waals surface area contributed by atoms with Crippen LogP contribution in [0.4, 0.5) is 0 Å². The standard InChI is InChI=1S/C11H18N2O4S/c1-11(2,8-12)5-7-18(16,17)13-6-3-4-9(13)10(14)15/h9H,3-7H2,1-2H3,(H,14,15). The summed E-state index contributed by atoms with van der Waals surface area (Å²) in [5.41, 5.74) is -0.717. The number of hydrogen-bond acceptors (Lipinski definition) is 4. The van der Waals surface area contributed by atoms with Crippen LogP contribution >= 0.6 is 0 Å². The lowest BCUT2D eigenvalue weighted by atomic mass is 9.93. The Morgan fingerprint density at radius 3 is 2.67 bits per heavy atom. The average Bonchev–Trinajstić information content (AvgIpc) is 2.76. The molecule has 102 valence electrons. The van der Waals surface area contributed by atoms with Gasteiger partial charge < -0.3 is 5.11 Å². The van der Waals surface area contributed by atoms with Gasteiger partial charge in [-0.3, -0.25) is 4.79 Å². The van der Waals surface area contributed by atoms with E-state index in [-0.39, 0.29) is 18.7 Å². The summed E-state index contributed by atoms with van der Waals surface area (Å²) in [6, 6.07) is 1.09. The van der Waals surface area contributed by atoms with Crippen molar-refractivity contribution in [1.82, 2.24) is 4.31 Å². The largest absolute Gasteiger partial charge is 0.480 e. The van der Waals surface area contributed by atoms with Crippen molar-refractivity contribution < 1.29 is 18.3 Å². The van der Waals surface area contributed by atoms with Crippen molar-refractivity contribution in [2.45, 2.75) is 39.2 Å². The van der Waals surface area contributed by atoms with Gasteiger partial charge in [-0.05, 0) is 33.1 Å². The van der Waals surface area contributed by atoms with Crippen LogP contribution in [0, 0.1) is 16.7 Å². The number of carboxylic acid groups (broad SMARTS) is 1. The first-order chi connectivity index (χ1) is 8.19. The van der Waals surface area contributed by atoms with Crippen LogP contribution < -0.4 is 0 Å². The predicted molar refractivity (Wildman–Crippen MR) is 65.2 cm³/mol. The molecule has 0 radical (unpaired) electrons. The van der Waals surface area contributed by atoms with Crippen LogP contribution in [0.2, 0.25) is 0 Å². The topological polar surface area (TPSA) is 98.5 Å². The molecule has 0 spiro atoms.